The molecule has 19 heteroatoms. The van der Waals surface area contributed by atoms with Gasteiger partial charge in [-0.3, -0.25) is 10.5 Å². The number of carbonyl (C=O) groups is 1. The molecule has 4 unspecified atom stereocenters. The number of hydrogen-bond acceptors (Lipinski definition) is 18. The fraction of sp³-hybridized carbons (Fsp3) is 0.588. The molecule has 1 aromatic rings. The summed E-state index contributed by atoms with van der Waals surface area (Å²) in [6.45, 7) is 0.445. The van der Waals surface area contributed by atoms with Crippen LogP contribution in [0.25, 0.3) is 0 Å². The zero-order valence-corrected chi connectivity index (χ0v) is 18.1. The van der Waals surface area contributed by atoms with Gasteiger partial charge in [0.25, 0.3) is 23.3 Å². The van der Waals surface area contributed by atoms with Gasteiger partial charge in [-0.2, -0.15) is 0 Å². The largest absolute Gasteiger partial charge is 0.504 e. The van der Waals surface area contributed by atoms with Gasteiger partial charge in [-0.25, -0.2) is 5.73 Å². The van der Waals surface area contributed by atoms with Crippen molar-refractivity contribution in [3.8, 4) is 28.7 Å². The van der Waals surface area contributed by atoms with Gasteiger partial charge in [0.2, 0.25) is 29.1 Å². The Morgan fingerprint density at radius 2 is 1.44 bits per heavy atom. The van der Waals surface area contributed by atoms with E-state index >= 15 is 0 Å². The molecule has 1 amide bonds. The van der Waals surface area contributed by atoms with E-state index in [2.05, 4.69) is 10.1 Å². The molecule has 1 heterocycles. The molecule has 18 N–H and O–H groups in total. The molecule has 1 saturated carbocycles. The Morgan fingerprint density at radius 3 is 1.83 bits per heavy atom. The third kappa shape index (κ3) is 3.50. The Kier molecular flexibility index (Phi) is 5.87. The van der Waals surface area contributed by atoms with Gasteiger partial charge >= 0.3 is 6.10 Å². The summed E-state index contributed by atoms with van der Waals surface area (Å²) in [5, 5.41) is 133. The minimum atomic E-state index is -4.47. The van der Waals surface area contributed by atoms with Crippen molar-refractivity contribution in [3.05, 3.63) is 5.56 Å². The van der Waals surface area contributed by atoms with Crippen LogP contribution in [0.1, 0.15) is 18.4 Å². The van der Waals surface area contributed by atoms with Crippen LogP contribution < -0.4 is 26.3 Å². The molecule has 0 spiro atoms. The Labute approximate surface area is 198 Å². The number of ether oxygens (including phenoxy) is 2. The van der Waals surface area contributed by atoms with Crippen LogP contribution in [0.4, 0.5) is 0 Å². The number of amides is 1. The molecule has 19 nitrogen and oxygen atoms in total. The van der Waals surface area contributed by atoms with Crippen LogP contribution in [-0.4, -0.2) is 120 Å². The summed E-state index contributed by atoms with van der Waals surface area (Å²) >= 11 is 0. The summed E-state index contributed by atoms with van der Waals surface area (Å²) in [7, 11) is 0. The molecule has 4 atom stereocenters. The smallest absolute Gasteiger partial charge is 0.389 e. The molecule has 1 aliphatic carbocycles. The highest BCUT2D eigenvalue weighted by atomic mass is 16.8. The first-order valence-electron chi connectivity index (χ1n) is 9.70. The monoisotopic (exact) mass is 527 g/mol. The molecule has 1 aromatic carbocycles. The summed E-state index contributed by atoms with van der Waals surface area (Å²) in [5.41, 5.74) is 2.90. The summed E-state index contributed by atoms with van der Waals surface area (Å²) in [5.74, 6) is -23.2. The third-order valence-electron chi connectivity index (χ3n) is 6.14. The van der Waals surface area contributed by atoms with Gasteiger partial charge in [0.05, 0.1) is 5.56 Å². The zero-order chi connectivity index (χ0) is 28.0. The van der Waals surface area contributed by atoms with Crippen LogP contribution >= 0.6 is 0 Å². The lowest BCUT2D eigenvalue weighted by molar-refractivity contribution is -0.436. The van der Waals surface area contributed by atoms with Crippen molar-refractivity contribution in [2.75, 3.05) is 6.54 Å². The molecule has 2 fully saturated rings. The number of benzene rings is 1. The number of nitrogens with two attached hydrogens (primary N) is 2. The van der Waals surface area contributed by atoms with Crippen molar-refractivity contribution in [2.24, 2.45) is 11.5 Å². The first kappa shape index (κ1) is 27.8. The maximum Gasteiger partial charge on any atom is 0.389 e. The Balaban J connectivity index is 2.31. The van der Waals surface area contributed by atoms with E-state index in [1.54, 1.807) is 0 Å². The fourth-order valence-electron chi connectivity index (χ4n) is 3.98. The van der Waals surface area contributed by atoms with Crippen molar-refractivity contribution < 1.29 is 80.7 Å². The molecule has 1 saturated heterocycles. The van der Waals surface area contributed by atoms with Gasteiger partial charge < -0.3 is 81.2 Å². The lowest BCUT2D eigenvalue weighted by Gasteiger charge is -2.35. The van der Waals surface area contributed by atoms with Crippen molar-refractivity contribution in [3.63, 3.8) is 0 Å². The van der Waals surface area contributed by atoms with Gasteiger partial charge in [-0.05, 0) is 6.92 Å². The fourth-order valence-corrected chi connectivity index (χ4v) is 3.98. The second-order valence-corrected chi connectivity index (χ2v) is 8.68. The first-order valence-corrected chi connectivity index (χ1v) is 9.70. The summed E-state index contributed by atoms with van der Waals surface area (Å²) in [6.07, 6.45) is -6.92. The van der Waals surface area contributed by atoms with Crippen LogP contribution in [0.5, 0.6) is 28.7 Å². The first-order chi connectivity index (χ1) is 15.9. The molecule has 0 radical (unpaired) electrons. The van der Waals surface area contributed by atoms with Gasteiger partial charge in [0.15, 0.2) is 11.5 Å². The van der Waals surface area contributed by atoms with E-state index in [1.807, 2.05) is 0 Å². The Hall–Kier alpha value is -2.79. The average molecular weight is 527 g/mol. The number of hydrogen-bond donors (Lipinski definition) is 16. The predicted octanol–water partition coefficient (Wildman–Crippen LogP) is -7.85. The van der Waals surface area contributed by atoms with Crippen molar-refractivity contribution in [2.45, 2.75) is 53.7 Å². The molecule has 0 aromatic heterocycles. The topological polar surface area (TPSA) is 363 Å². The summed E-state index contributed by atoms with van der Waals surface area (Å²) < 4.78 is 9.27. The molecular formula is C17H25N3O16. The van der Waals surface area contributed by atoms with Gasteiger partial charge in [0, 0.05) is 12.5 Å². The number of phenolic OH excluding ortho intramolecular Hbond substituents is 3. The average Bonchev–Trinajstić information content (AvgIpc) is 2.99. The van der Waals surface area contributed by atoms with E-state index in [1.165, 1.54) is 0 Å². The van der Waals surface area contributed by atoms with Gasteiger partial charge in [0.1, 0.15) is 5.60 Å². The van der Waals surface area contributed by atoms with E-state index in [0.29, 0.717) is 0 Å². The van der Waals surface area contributed by atoms with Crippen LogP contribution in [-0.2, 0) is 4.79 Å². The number of aromatic hydroxyl groups is 3. The second kappa shape index (κ2) is 7.61. The highest BCUT2D eigenvalue weighted by Gasteiger charge is 2.84. The molecule has 0 bridgehead atoms. The Morgan fingerprint density at radius 1 is 0.917 bits per heavy atom. The molecule has 204 valence electrons. The van der Waals surface area contributed by atoms with E-state index in [9.17, 15) is 71.2 Å². The van der Waals surface area contributed by atoms with Crippen molar-refractivity contribution in [1.29, 1.82) is 0 Å². The number of nitrogens with one attached hydrogen (secondary N) is 1. The second-order valence-electron chi connectivity index (χ2n) is 8.68. The zero-order valence-electron chi connectivity index (χ0n) is 18.1. The molecule has 1 aliphatic heterocycles. The Bertz CT molecular complexity index is 1070. The van der Waals surface area contributed by atoms with Crippen LogP contribution in [0.2, 0.25) is 0 Å². The minimum absolute atomic E-state index is 0.492. The highest BCUT2D eigenvalue weighted by molar-refractivity contribution is 5.89. The summed E-state index contributed by atoms with van der Waals surface area (Å²) in [4.78, 5) is 12.0. The number of aliphatic hydroxyl groups is 10. The van der Waals surface area contributed by atoms with Gasteiger partial charge in [-0.1, -0.05) is 0 Å². The normalized spacial score (nSPS) is 32.9. The van der Waals surface area contributed by atoms with E-state index in [-0.39, 0.29) is 0 Å². The van der Waals surface area contributed by atoms with Crippen molar-refractivity contribution in [1.82, 2.24) is 5.32 Å². The highest BCUT2D eigenvalue weighted by Crippen LogP contribution is 2.58. The standard InChI is InChI=1S/C17H25N3O16/c1-12(25)3(2-20-11(12)24)4-5(21)7(23)9(36-17(19,33)34)8(6(4)22)35-10-13(18,26)15(29,30)16(31,32)14(10,27)28/h3,10,21-23,25-34H,2,18-19H2,1H3,(H,20,24). The quantitative estimate of drug-likeness (QED) is 0.0959. The molecule has 2 aliphatic rings. The molecular weight excluding hydrogens is 502 g/mol. The molecule has 3 rings (SSSR count). The number of carbonyl (C=O) groups excluding carboxylic acids is 1. The van der Waals surface area contributed by atoms with E-state index in [4.69, 9.17) is 16.2 Å². The van der Waals surface area contributed by atoms with Gasteiger partial charge in [-0.15, -0.1) is 0 Å². The van der Waals surface area contributed by atoms with Crippen LogP contribution in [0.3, 0.4) is 0 Å². The SMILES string of the molecule is CC1(O)C(=O)NCC1c1c(O)c(O)c(OC(N)(O)O)c(OC2C(N)(O)C(O)(O)C(O)(O)C2(O)O)c1O. The van der Waals surface area contributed by atoms with Crippen LogP contribution in [0, 0.1) is 0 Å². The van der Waals surface area contributed by atoms with E-state index < -0.39 is 93.6 Å². The van der Waals surface area contributed by atoms with E-state index in [0.717, 1.165) is 6.92 Å². The van der Waals surface area contributed by atoms with Crippen LogP contribution in [0.15, 0.2) is 0 Å². The maximum atomic E-state index is 12.0. The lowest BCUT2D eigenvalue weighted by atomic mass is 9.84. The lowest BCUT2D eigenvalue weighted by Crippen LogP contribution is -2.69. The predicted molar refractivity (Wildman–Crippen MR) is 105 cm³/mol. The minimum Gasteiger partial charge on any atom is -0.504 e. The van der Waals surface area contributed by atoms with Crippen molar-refractivity contribution >= 4 is 5.91 Å². The number of phenols is 3. The summed E-state index contributed by atoms with van der Waals surface area (Å²) in [6, 6.07) is 0. The third-order valence-corrected chi connectivity index (χ3v) is 6.14. The number of rotatable bonds is 5. The maximum absolute atomic E-state index is 12.0. The molecule has 36 heavy (non-hydrogen) atoms.